The average molecular weight is 523 g/mol. The van der Waals surface area contributed by atoms with Crippen molar-refractivity contribution in [2.75, 3.05) is 11.6 Å². The first-order valence-electron chi connectivity index (χ1n) is 9.83. The number of ether oxygens (including phenoxy) is 1. The highest BCUT2D eigenvalue weighted by molar-refractivity contribution is 7.88. The number of anilines is 1. The molecule has 0 unspecified atom stereocenters. The van der Waals surface area contributed by atoms with Crippen molar-refractivity contribution in [3.05, 3.63) is 87.4 Å². The van der Waals surface area contributed by atoms with Crippen LogP contribution < -0.4 is 14.8 Å². The molecule has 3 aromatic rings. The summed E-state index contributed by atoms with van der Waals surface area (Å²) < 4.78 is 31.3. The van der Waals surface area contributed by atoms with Crippen LogP contribution in [0.1, 0.15) is 21.5 Å². The Morgan fingerprint density at radius 3 is 2.29 bits per heavy atom. The normalized spacial score (nSPS) is 11.1. The van der Waals surface area contributed by atoms with E-state index in [1.54, 1.807) is 60.7 Å². The van der Waals surface area contributed by atoms with Crippen molar-refractivity contribution in [2.24, 2.45) is 0 Å². The number of rotatable bonds is 9. The van der Waals surface area contributed by atoms with E-state index in [1.807, 2.05) is 0 Å². The van der Waals surface area contributed by atoms with Gasteiger partial charge in [-0.25, -0.2) is 13.1 Å². The molecule has 0 atom stereocenters. The van der Waals surface area contributed by atoms with Gasteiger partial charge in [-0.05, 0) is 54.1 Å². The van der Waals surface area contributed by atoms with Gasteiger partial charge < -0.3 is 15.2 Å². The minimum Gasteiger partial charge on any atom is -0.481 e. The van der Waals surface area contributed by atoms with Crippen molar-refractivity contribution in [3.63, 3.8) is 0 Å². The molecule has 178 valence electrons. The molecular weight excluding hydrogens is 503 g/mol. The molecule has 3 N–H and O–H groups in total. The third-order valence-corrected chi connectivity index (χ3v) is 5.93. The summed E-state index contributed by atoms with van der Waals surface area (Å²) in [5.74, 6) is -0.623. The fourth-order valence-electron chi connectivity index (χ4n) is 2.94. The Morgan fingerprint density at radius 2 is 1.68 bits per heavy atom. The highest BCUT2D eigenvalue weighted by atomic mass is 35.5. The van der Waals surface area contributed by atoms with Crippen LogP contribution >= 0.6 is 23.2 Å². The summed E-state index contributed by atoms with van der Waals surface area (Å²) in [6, 6.07) is 15.8. The van der Waals surface area contributed by atoms with Gasteiger partial charge in [0.15, 0.2) is 0 Å². The summed E-state index contributed by atoms with van der Waals surface area (Å²) in [7, 11) is -3.48. The van der Waals surface area contributed by atoms with E-state index in [9.17, 15) is 18.0 Å². The van der Waals surface area contributed by atoms with Crippen LogP contribution in [-0.2, 0) is 27.8 Å². The monoisotopic (exact) mass is 522 g/mol. The molecule has 0 aliphatic carbocycles. The van der Waals surface area contributed by atoms with Gasteiger partial charge in [0.1, 0.15) is 11.5 Å². The summed E-state index contributed by atoms with van der Waals surface area (Å²) in [5.41, 5.74) is 1.82. The van der Waals surface area contributed by atoms with Crippen molar-refractivity contribution in [1.29, 1.82) is 0 Å². The first kappa shape index (κ1) is 25.5. The van der Waals surface area contributed by atoms with E-state index in [0.29, 0.717) is 43.9 Å². The van der Waals surface area contributed by atoms with E-state index in [0.717, 1.165) is 6.26 Å². The molecule has 0 aromatic heterocycles. The fourth-order valence-corrected chi connectivity index (χ4v) is 3.66. The van der Waals surface area contributed by atoms with Crippen LogP contribution in [0.5, 0.6) is 11.5 Å². The number of hydrogen-bond acceptors (Lipinski definition) is 5. The predicted molar refractivity (Wildman–Crippen MR) is 130 cm³/mol. The summed E-state index contributed by atoms with van der Waals surface area (Å²) in [4.78, 5) is 23.5. The Bertz CT molecular complexity index is 1330. The lowest BCUT2D eigenvalue weighted by atomic mass is 10.1. The number of nitrogens with one attached hydrogen (secondary N) is 2. The minimum atomic E-state index is -3.48. The van der Waals surface area contributed by atoms with Crippen molar-refractivity contribution in [3.8, 4) is 11.5 Å². The topological polar surface area (TPSA) is 122 Å². The average Bonchev–Trinajstić information content (AvgIpc) is 2.76. The molecule has 1 amide bonds. The van der Waals surface area contributed by atoms with Crippen LogP contribution in [0.2, 0.25) is 10.0 Å². The summed E-state index contributed by atoms with van der Waals surface area (Å²) >= 11 is 11.9. The third-order valence-electron chi connectivity index (χ3n) is 4.53. The number of halogens is 2. The zero-order valence-corrected chi connectivity index (χ0v) is 20.2. The fraction of sp³-hybridized carbons (Fsp3) is 0.130. The van der Waals surface area contributed by atoms with E-state index in [1.165, 1.54) is 0 Å². The first-order chi connectivity index (χ1) is 16.0. The molecule has 0 aliphatic rings. The Morgan fingerprint density at radius 1 is 0.971 bits per heavy atom. The minimum absolute atomic E-state index is 0.0776. The molecule has 3 aromatic carbocycles. The largest absolute Gasteiger partial charge is 0.481 e. The van der Waals surface area contributed by atoms with Crippen molar-refractivity contribution >= 4 is 50.8 Å². The quantitative estimate of drug-likeness (QED) is 0.373. The van der Waals surface area contributed by atoms with Gasteiger partial charge in [-0.1, -0.05) is 35.3 Å². The zero-order chi connectivity index (χ0) is 24.9. The molecule has 3 rings (SSSR count). The Hall–Kier alpha value is -3.11. The van der Waals surface area contributed by atoms with Crippen LogP contribution in [0, 0.1) is 0 Å². The van der Waals surface area contributed by atoms with E-state index >= 15 is 0 Å². The maximum Gasteiger partial charge on any atom is 0.307 e. The van der Waals surface area contributed by atoms with Gasteiger partial charge in [-0.3, -0.25) is 9.59 Å². The molecule has 0 saturated carbocycles. The molecule has 0 bridgehead atoms. The van der Waals surface area contributed by atoms with E-state index in [4.69, 9.17) is 33.0 Å². The number of benzene rings is 3. The molecule has 34 heavy (non-hydrogen) atoms. The summed E-state index contributed by atoms with van der Waals surface area (Å²) in [5, 5.41) is 12.4. The molecule has 0 spiro atoms. The number of aliphatic carboxylic acids is 1. The molecule has 0 fully saturated rings. The van der Waals surface area contributed by atoms with Crippen LogP contribution in [0.3, 0.4) is 0 Å². The molecule has 0 radical (unpaired) electrons. The SMILES string of the molecule is CS(=O)(=O)NCc1cc(CC(=O)O)ccc1Oc1ccc(C(=O)Nc2ccc(Cl)c(Cl)c2)cc1. The highest BCUT2D eigenvalue weighted by Crippen LogP contribution is 2.28. The van der Waals surface area contributed by atoms with Crippen molar-refractivity contribution in [1.82, 2.24) is 4.72 Å². The van der Waals surface area contributed by atoms with Gasteiger partial charge in [0, 0.05) is 23.4 Å². The van der Waals surface area contributed by atoms with Crippen LogP contribution in [0.25, 0.3) is 0 Å². The zero-order valence-electron chi connectivity index (χ0n) is 17.8. The lowest BCUT2D eigenvalue weighted by Gasteiger charge is -2.13. The molecule has 0 saturated heterocycles. The Labute approximate surface area is 206 Å². The van der Waals surface area contributed by atoms with Crippen molar-refractivity contribution < 1.29 is 27.9 Å². The molecule has 11 heteroatoms. The number of amides is 1. The second kappa shape index (κ2) is 10.9. The maximum absolute atomic E-state index is 12.5. The standard InChI is InChI=1S/C23H20Cl2N2O6S/c1-34(31,32)26-13-16-10-14(11-22(28)29)2-9-21(16)33-18-6-3-15(4-7-18)23(30)27-17-5-8-19(24)20(25)12-17/h2-10,12,26H,11,13H2,1H3,(H,27,30)(H,28,29). The van der Waals surface area contributed by atoms with Crippen molar-refractivity contribution in [2.45, 2.75) is 13.0 Å². The van der Waals surface area contributed by atoms with Crippen LogP contribution in [0.15, 0.2) is 60.7 Å². The number of carbonyl (C=O) groups is 2. The second-order valence-electron chi connectivity index (χ2n) is 7.32. The summed E-state index contributed by atoms with van der Waals surface area (Å²) in [6.45, 7) is -0.0776. The maximum atomic E-state index is 12.5. The van der Waals surface area contributed by atoms with E-state index in [-0.39, 0.29) is 18.9 Å². The van der Waals surface area contributed by atoms with Gasteiger partial charge in [0.25, 0.3) is 5.91 Å². The Balaban J connectivity index is 1.76. The molecule has 0 heterocycles. The highest BCUT2D eigenvalue weighted by Gasteiger charge is 2.12. The van der Waals surface area contributed by atoms with Gasteiger partial charge in [0.2, 0.25) is 10.0 Å². The predicted octanol–water partition coefficient (Wildman–Crippen LogP) is 4.71. The van der Waals surface area contributed by atoms with E-state index in [2.05, 4.69) is 10.0 Å². The number of hydrogen-bond donors (Lipinski definition) is 3. The molecule has 0 aliphatic heterocycles. The summed E-state index contributed by atoms with van der Waals surface area (Å²) in [6.07, 6.45) is 0.811. The lowest BCUT2D eigenvalue weighted by Crippen LogP contribution is -2.21. The first-order valence-corrected chi connectivity index (χ1v) is 12.5. The van der Waals surface area contributed by atoms with Gasteiger partial charge in [-0.2, -0.15) is 0 Å². The number of carboxylic acid groups (broad SMARTS) is 1. The lowest BCUT2D eigenvalue weighted by molar-refractivity contribution is -0.136. The second-order valence-corrected chi connectivity index (χ2v) is 9.96. The molecule has 8 nitrogen and oxygen atoms in total. The molecular formula is C23H20Cl2N2O6S. The number of carbonyl (C=O) groups excluding carboxylic acids is 1. The van der Waals surface area contributed by atoms with Crippen LogP contribution in [-0.4, -0.2) is 31.7 Å². The van der Waals surface area contributed by atoms with E-state index < -0.39 is 16.0 Å². The van der Waals surface area contributed by atoms with Crippen LogP contribution in [0.4, 0.5) is 5.69 Å². The number of carboxylic acids is 1. The number of sulfonamides is 1. The third kappa shape index (κ3) is 7.46. The van der Waals surface area contributed by atoms with Gasteiger partial charge in [0.05, 0.1) is 22.7 Å². The van der Waals surface area contributed by atoms with Gasteiger partial charge in [-0.15, -0.1) is 0 Å². The Kier molecular flexibility index (Phi) is 8.16. The smallest absolute Gasteiger partial charge is 0.307 e. The van der Waals surface area contributed by atoms with Gasteiger partial charge >= 0.3 is 5.97 Å².